The molecule has 46 heavy (non-hydrogen) atoms. The average molecular weight is 670 g/mol. The van der Waals surface area contributed by atoms with Crippen LogP contribution in [0.2, 0.25) is 10.0 Å². The predicted octanol–water partition coefficient (Wildman–Crippen LogP) is 8.16. The Bertz CT molecular complexity index is 1950. The fourth-order valence-corrected chi connectivity index (χ4v) is 6.07. The number of hydrogen-bond donors (Lipinski definition) is 2. The first kappa shape index (κ1) is 31.5. The van der Waals surface area contributed by atoms with E-state index in [9.17, 15) is 22.8 Å². The maximum absolute atomic E-state index is 14.5. The largest absolute Gasteiger partial charge is 0.373 e. The number of benzene rings is 3. The highest BCUT2D eigenvalue weighted by Gasteiger charge is 2.26. The number of likely N-dealkylation sites (tertiary alicyclic amines) is 1. The van der Waals surface area contributed by atoms with E-state index >= 15 is 0 Å². The first-order valence-electron chi connectivity index (χ1n) is 14.4. The molecule has 0 radical (unpaired) electrons. The van der Waals surface area contributed by atoms with Crippen molar-refractivity contribution in [2.24, 2.45) is 0 Å². The van der Waals surface area contributed by atoms with Gasteiger partial charge in [0.1, 0.15) is 17.6 Å². The number of piperidine rings is 1. The molecule has 1 fully saturated rings. The smallest absolute Gasteiger partial charge is 0.194 e. The molecule has 0 amide bonds. The molecule has 0 saturated carbocycles. The molecule has 14 heteroatoms. The molecule has 1 saturated heterocycles. The molecule has 2 aromatic heterocycles. The van der Waals surface area contributed by atoms with Crippen molar-refractivity contribution in [1.29, 1.82) is 5.26 Å². The highest BCUT2D eigenvalue weighted by molar-refractivity contribution is 6.36. The van der Waals surface area contributed by atoms with Crippen LogP contribution in [0.5, 0.6) is 0 Å². The van der Waals surface area contributed by atoms with Crippen molar-refractivity contribution in [2.75, 3.05) is 30.3 Å². The number of hydrogen-bond acceptors (Lipinski definition) is 7. The van der Waals surface area contributed by atoms with Crippen LogP contribution in [0, 0.1) is 34.6 Å². The molecule has 1 aliphatic rings. The van der Waals surface area contributed by atoms with Gasteiger partial charge in [0.2, 0.25) is 0 Å². The molecule has 0 spiro atoms. The first-order valence-corrected chi connectivity index (χ1v) is 15.2. The van der Waals surface area contributed by atoms with Gasteiger partial charge in [0.05, 0.1) is 45.1 Å². The van der Waals surface area contributed by atoms with E-state index in [1.165, 1.54) is 24.4 Å². The standard InChI is InChI=1S/C32H26Cl2F4N8/c1-2-45-7-5-21(6-8-45)46-16-28(43-44-46)31(17-9-26(36)29(38)27(37)10-17)42-20-11-22-30(41-19-3-4-25(35)23(33)12-19)18(14-39)15-40-32(22)24(34)13-20/h3-4,9-13,15-16,21,31,42H,2,5-8H2,1H3,(H,40,41). The third-order valence-electron chi connectivity index (χ3n) is 8.09. The minimum atomic E-state index is -1.59. The number of halogens is 6. The fraction of sp³-hybridized carbons (Fsp3) is 0.250. The number of rotatable bonds is 8. The molecule has 1 atom stereocenters. The van der Waals surface area contributed by atoms with Gasteiger partial charge in [0, 0.05) is 36.0 Å². The van der Waals surface area contributed by atoms with Crippen LogP contribution in [0.4, 0.5) is 34.6 Å². The Morgan fingerprint density at radius 2 is 1.70 bits per heavy atom. The summed E-state index contributed by atoms with van der Waals surface area (Å²) in [6, 6.07) is 10.2. The highest BCUT2D eigenvalue weighted by Crippen LogP contribution is 2.37. The van der Waals surface area contributed by atoms with Crippen molar-refractivity contribution in [1.82, 2.24) is 24.9 Å². The second kappa shape index (κ2) is 13.1. The van der Waals surface area contributed by atoms with E-state index in [0.717, 1.165) is 44.6 Å². The fourth-order valence-electron chi connectivity index (χ4n) is 5.62. The molecule has 2 N–H and O–H groups in total. The molecule has 236 valence electrons. The third-order valence-corrected chi connectivity index (χ3v) is 8.66. The van der Waals surface area contributed by atoms with Gasteiger partial charge in [0.25, 0.3) is 0 Å². The Kier molecular flexibility index (Phi) is 8.99. The number of anilines is 3. The molecular formula is C32H26Cl2F4N8. The summed E-state index contributed by atoms with van der Waals surface area (Å²) in [4.78, 5) is 6.68. The minimum Gasteiger partial charge on any atom is -0.373 e. The van der Waals surface area contributed by atoms with Gasteiger partial charge in [-0.2, -0.15) is 5.26 Å². The van der Waals surface area contributed by atoms with Gasteiger partial charge in [-0.05, 0) is 67.4 Å². The second-order valence-electron chi connectivity index (χ2n) is 10.9. The molecule has 3 heterocycles. The number of pyridine rings is 1. The third kappa shape index (κ3) is 6.31. The average Bonchev–Trinajstić information content (AvgIpc) is 3.54. The molecular weight excluding hydrogens is 643 g/mol. The quantitative estimate of drug-likeness (QED) is 0.127. The summed E-state index contributed by atoms with van der Waals surface area (Å²) in [5, 5.41) is 25.4. The van der Waals surface area contributed by atoms with E-state index in [1.54, 1.807) is 23.0 Å². The summed E-state index contributed by atoms with van der Waals surface area (Å²) < 4.78 is 58.6. The van der Waals surface area contributed by atoms with Crippen LogP contribution in [0.1, 0.15) is 48.7 Å². The topological polar surface area (TPSA) is 94.7 Å². The van der Waals surface area contributed by atoms with Gasteiger partial charge >= 0.3 is 0 Å². The zero-order valence-corrected chi connectivity index (χ0v) is 25.8. The summed E-state index contributed by atoms with van der Waals surface area (Å²) in [6.45, 7) is 4.87. The van der Waals surface area contributed by atoms with Crippen LogP contribution in [-0.2, 0) is 0 Å². The van der Waals surface area contributed by atoms with E-state index in [-0.39, 0.29) is 27.2 Å². The Balaban J connectivity index is 1.42. The van der Waals surface area contributed by atoms with E-state index in [0.29, 0.717) is 33.7 Å². The van der Waals surface area contributed by atoms with Crippen LogP contribution in [0.3, 0.4) is 0 Å². The Morgan fingerprint density at radius 3 is 2.37 bits per heavy atom. The molecule has 0 aliphatic carbocycles. The Morgan fingerprint density at radius 1 is 0.978 bits per heavy atom. The first-order chi connectivity index (χ1) is 22.1. The van der Waals surface area contributed by atoms with E-state index < -0.39 is 29.3 Å². The Hall–Kier alpha value is -4.44. The monoisotopic (exact) mass is 668 g/mol. The number of fused-ring (bicyclic) bond motifs is 1. The number of nitrogens with zero attached hydrogens (tertiary/aromatic N) is 6. The van der Waals surface area contributed by atoms with Crippen LogP contribution >= 0.6 is 23.2 Å². The lowest BCUT2D eigenvalue weighted by Gasteiger charge is -2.30. The maximum Gasteiger partial charge on any atom is 0.194 e. The van der Waals surface area contributed by atoms with Crippen molar-refractivity contribution >= 4 is 51.2 Å². The SMILES string of the molecule is CCN1CCC(n2cc(C(Nc3cc(Cl)c4ncc(C#N)c(Nc5ccc(F)c(Cl)c5)c4c3)c3cc(F)c(F)c(F)c3)nn2)CC1. The van der Waals surface area contributed by atoms with Gasteiger partial charge < -0.3 is 15.5 Å². The molecule has 3 aromatic carbocycles. The summed E-state index contributed by atoms with van der Waals surface area (Å²) in [5.74, 6) is -4.91. The van der Waals surface area contributed by atoms with Gasteiger partial charge in [-0.1, -0.05) is 35.3 Å². The minimum absolute atomic E-state index is 0.0590. The van der Waals surface area contributed by atoms with Crippen molar-refractivity contribution < 1.29 is 17.6 Å². The molecule has 1 unspecified atom stereocenters. The lowest BCUT2D eigenvalue weighted by molar-refractivity contribution is 0.186. The van der Waals surface area contributed by atoms with E-state index in [2.05, 4.69) is 43.8 Å². The molecule has 5 aromatic rings. The van der Waals surface area contributed by atoms with Gasteiger partial charge in [0.15, 0.2) is 17.5 Å². The number of nitrogens with one attached hydrogen (secondary N) is 2. The highest BCUT2D eigenvalue weighted by atomic mass is 35.5. The summed E-state index contributed by atoms with van der Waals surface area (Å²) >= 11 is 12.6. The lowest BCUT2D eigenvalue weighted by atomic mass is 10.0. The van der Waals surface area contributed by atoms with Crippen LogP contribution in [-0.4, -0.2) is 44.5 Å². The maximum atomic E-state index is 14.5. The summed E-state index contributed by atoms with van der Waals surface area (Å²) in [5.41, 5.74) is 2.00. The predicted molar refractivity (Wildman–Crippen MR) is 168 cm³/mol. The van der Waals surface area contributed by atoms with Crippen LogP contribution in [0.25, 0.3) is 10.9 Å². The van der Waals surface area contributed by atoms with Crippen molar-refractivity contribution in [3.63, 3.8) is 0 Å². The zero-order chi connectivity index (χ0) is 32.5. The van der Waals surface area contributed by atoms with E-state index in [1.807, 2.05) is 0 Å². The number of nitriles is 1. The summed E-state index contributed by atoms with van der Waals surface area (Å²) in [7, 11) is 0. The normalized spacial score (nSPS) is 14.7. The van der Waals surface area contributed by atoms with Crippen molar-refractivity contribution in [3.8, 4) is 6.07 Å². The Labute approximate surface area is 271 Å². The molecule has 0 bridgehead atoms. The molecule has 1 aliphatic heterocycles. The summed E-state index contributed by atoms with van der Waals surface area (Å²) in [6.07, 6.45) is 4.79. The molecule has 8 nitrogen and oxygen atoms in total. The molecule has 6 rings (SSSR count). The zero-order valence-electron chi connectivity index (χ0n) is 24.3. The van der Waals surface area contributed by atoms with Crippen LogP contribution < -0.4 is 10.6 Å². The lowest BCUT2D eigenvalue weighted by Crippen LogP contribution is -2.34. The van der Waals surface area contributed by atoms with Gasteiger partial charge in [-0.3, -0.25) is 4.98 Å². The van der Waals surface area contributed by atoms with Gasteiger partial charge in [-0.15, -0.1) is 5.10 Å². The van der Waals surface area contributed by atoms with Gasteiger partial charge in [-0.25, -0.2) is 22.2 Å². The van der Waals surface area contributed by atoms with Crippen molar-refractivity contribution in [2.45, 2.75) is 31.8 Å². The number of aromatic nitrogens is 4. The van der Waals surface area contributed by atoms with Crippen molar-refractivity contribution in [3.05, 3.63) is 105 Å². The van der Waals surface area contributed by atoms with Crippen LogP contribution in [0.15, 0.2) is 54.9 Å². The second-order valence-corrected chi connectivity index (χ2v) is 11.7. The van der Waals surface area contributed by atoms with E-state index in [4.69, 9.17) is 23.2 Å².